The van der Waals surface area contributed by atoms with Crippen LogP contribution in [0.2, 0.25) is 0 Å². The Labute approximate surface area is 135 Å². The summed E-state index contributed by atoms with van der Waals surface area (Å²) in [5, 5.41) is 10.7. The van der Waals surface area contributed by atoms with E-state index in [1.165, 1.54) is 12.4 Å². The highest BCUT2D eigenvalue weighted by atomic mass is 16.6. The van der Waals surface area contributed by atoms with E-state index in [2.05, 4.69) is 33.6 Å². The molecule has 0 bridgehead atoms. The van der Waals surface area contributed by atoms with Crippen LogP contribution in [-0.4, -0.2) is 64.2 Å². The summed E-state index contributed by atoms with van der Waals surface area (Å²) >= 11 is 0. The Kier molecular flexibility index (Phi) is 4.72. The third-order valence-electron chi connectivity index (χ3n) is 4.43. The van der Waals surface area contributed by atoms with Gasteiger partial charge in [0, 0.05) is 32.2 Å². The van der Waals surface area contributed by atoms with E-state index in [0.717, 1.165) is 39.0 Å². The molecule has 0 spiro atoms. The fraction of sp³-hybridized carbons (Fsp3) is 0.733. The summed E-state index contributed by atoms with van der Waals surface area (Å²) < 4.78 is 5.78. The molecule has 23 heavy (non-hydrogen) atoms. The van der Waals surface area contributed by atoms with Crippen LogP contribution < -0.4 is 4.90 Å². The molecule has 0 aliphatic carbocycles. The fourth-order valence-corrected chi connectivity index (χ4v) is 3.58. The molecule has 3 atom stereocenters. The lowest BCUT2D eigenvalue weighted by atomic mass is 10.1. The summed E-state index contributed by atoms with van der Waals surface area (Å²) in [5.74, 6) is 0.590. The van der Waals surface area contributed by atoms with Crippen molar-refractivity contribution < 1.29 is 9.66 Å². The first-order chi connectivity index (χ1) is 11.0. The van der Waals surface area contributed by atoms with Crippen LogP contribution in [0.5, 0.6) is 0 Å². The van der Waals surface area contributed by atoms with Gasteiger partial charge in [-0.2, -0.15) is 0 Å². The van der Waals surface area contributed by atoms with Crippen molar-refractivity contribution in [3.8, 4) is 0 Å². The van der Waals surface area contributed by atoms with E-state index in [0.29, 0.717) is 12.0 Å². The molecule has 1 aromatic heterocycles. The molecule has 0 unspecified atom stereocenters. The van der Waals surface area contributed by atoms with Gasteiger partial charge in [-0.1, -0.05) is 0 Å². The molecule has 3 heterocycles. The molecule has 0 radical (unpaired) electrons. The SMILES string of the molecule is C[C@@H]1CN(C[C@@H]2CCCN2c2ncc([N+](=O)[O-])cn2)C[C@@H](C)O1. The highest BCUT2D eigenvalue weighted by Gasteiger charge is 2.31. The third-order valence-corrected chi connectivity index (χ3v) is 4.43. The Morgan fingerprint density at radius 3 is 2.57 bits per heavy atom. The van der Waals surface area contributed by atoms with Gasteiger partial charge < -0.3 is 9.64 Å². The molecule has 2 fully saturated rings. The van der Waals surface area contributed by atoms with Gasteiger partial charge in [-0.15, -0.1) is 0 Å². The van der Waals surface area contributed by atoms with Crippen molar-refractivity contribution in [3.63, 3.8) is 0 Å². The topological polar surface area (TPSA) is 84.6 Å². The lowest BCUT2D eigenvalue weighted by molar-refractivity contribution is -0.385. The normalized spacial score (nSPS) is 29.0. The number of morpholine rings is 1. The highest BCUT2D eigenvalue weighted by Crippen LogP contribution is 2.24. The molecule has 2 aliphatic heterocycles. The van der Waals surface area contributed by atoms with Crippen LogP contribution in [0.3, 0.4) is 0 Å². The average Bonchev–Trinajstić information content (AvgIpc) is 2.94. The van der Waals surface area contributed by atoms with Crippen LogP contribution in [0.4, 0.5) is 11.6 Å². The van der Waals surface area contributed by atoms with Gasteiger partial charge in [0.05, 0.1) is 17.1 Å². The largest absolute Gasteiger partial charge is 0.373 e. The smallest absolute Gasteiger partial charge is 0.305 e. The number of anilines is 1. The van der Waals surface area contributed by atoms with E-state index in [9.17, 15) is 10.1 Å². The van der Waals surface area contributed by atoms with Gasteiger partial charge in [-0.05, 0) is 26.7 Å². The number of aromatic nitrogens is 2. The number of nitrogens with zero attached hydrogens (tertiary/aromatic N) is 5. The van der Waals surface area contributed by atoms with Gasteiger partial charge in [-0.25, -0.2) is 9.97 Å². The first kappa shape index (κ1) is 16.1. The van der Waals surface area contributed by atoms with Gasteiger partial charge in [0.25, 0.3) is 0 Å². The fourth-order valence-electron chi connectivity index (χ4n) is 3.58. The maximum absolute atomic E-state index is 10.7. The predicted octanol–water partition coefficient (Wildman–Crippen LogP) is 1.46. The third kappa shape index (κ3) is 3.76. The maximum Gasteiger partial charge on any atom is 0.305 e. The van der Waals surface area contributed by atoms with Crippen LogP contribution in [0, 0.1) is 10.1 Å². The van der Waals surface area contributed by atoms with Crippen LogP contribution in [0.25, 0.3) is 0 Å². The van der Waals surface area contributed by atoms with Gasteiger partial charge in [0.2, 0.25) is 5.95 Å². The lowest BCUT2D eigenvalue weighted by Gasteiger charge is -2.38. The van der Waals surface area contributed by atoms with E-state index < -0.39 is 4.92 Å². The molecular formula is C15H23N5O3. The van der Waals surface area contributed by atoms with Crippen molar-refractivity contribution in [1.29, 1.82) is 0 Å². The van der Waals surface area contributed by atoms with Crippen molar-refractivity contribution in [3.05, 3.63) is 22.5 Å². The molecule has 1 aromatic rings. The van der Waals surface area contributed by atoms with E-state index >= 15 is 0 Å². The summed E-state index contributed by atoms with van der Waals surface area (Å²) in [5.41, 5.74) is -0.0691. The zero-order valence-electron chi connectivity index (χ0n) is 13.6. The van der Waals surface area contributed by atoms with Gasteiger partial charge in [-0.3, -0.25) is 15.0 Å². The Morgan fingerprint density at radius 1 is 1.30 bits per heavy atom. The molecule has 0 N–H and O–H groups in total. The predicted molar refractivity (Wildman–Crippen MR) is 85.5 cm³/mol. The molecular weight excluding hydrogens is 298 g/mol. The lowest BCUT2D eigenvalue weighted by Crippen LogP contribution is -2.50. The maximum atomic E-state index is 10.7. The average molecular weight is 321 g/mol. The summed E-state index contributed by atoms with van der Waals surface area (Å²) in [6.07, 6.45) is 5.28. The molecule has 0 aromatic carbocycles. The van der Waals surface area contributed by atoms with Gasteiger partial charge in [0.15, 0.2) is 0 Å². The number of rotatable bonds is 4. The molecule has 0 saturated carbocycles. The summed E-state index contributed by atoms with van der Waals surface area (Å²) in [6, 6.07) is 0.356. The molecule has 3 rings (SSSR count). The molecule has 126 valence electrons. The van der Waals surface area contributed by atoms with Crippen LogP contribution in [-0.2, 0) is 4.74 Å². The van der Waals surface area contributed by atoms with Crippen molar-refractivity contribution in [2.24, 2.45) is 0 Å². The Hall–Kier alpha value is -1.80. The Morgan fingerprint density at radius 2 is 1.96 bits per heavy atom. The van der Waals surface area contributed by atoms with E-state index in [1.807, 2.05) is 0 Å². The second-order valence-corrected chi connectivity index (χ2v) is 6.46. The molecule has 8 heteroatoms. The number of hydrogen-bond donors (Lipinski definition) is 0. The Balaban J connectivity index is 1.66. The number of ether oxygens (including phenoxy) is 1. The van der Waals surface area contributed by atoms with E-state index in [-0.39, 0.29) is 17.9 Å². The highest BCUT2D eigenvalue weighted by molar-refractivity contribution is 5.36. The monoisotopic (exact) mass is 321 g/mol. The zero-order valence-corrected chi connectivity index (χ0v) is 13.6. The second kappa shape index (κ2) is 6.76. The minimum atomic E-state index is -0.470. The minimum Gasteiger partial charge on any atom is -0.373 e. The molecule has 8 nitrogen and oxygen atoms in total. The van der Waals surface area contributed by atoms with Gasteiger partial charge >= 0.3 is 5.69 Å². The van der Waals surface area contributed by atoms with E-state index in [1.54, 1.807) is 0 Å². The quantitative estimate of drug-likeness (QED) is 0.613. The minimum absolute atomic E-state index is 0.0691. The van der Waals surface area contributed by atoms with Crippen molar-refractivity contribution >= 4 is 11.6 Å². The standard InChI is InChI=1S/C15H23N5O3/c1-11-8-18(9-12(2)23-11)10-13-4-3-5-19(13)15-16-6-14(7-17-15)20(21)22/h6-7,11-13H,3-5,8-10H2,1-2H3/t11-,12-,13+/m1/s1. The number of hydrogen-bond acceptors (Lipinski definition) is 7. The van der Waals surface area contributed by atoms with Crippen molar-refractivity contribution in [2.75, 3.05) is 31.1 Å². The second-order valence-electron chi connectivity index (χ2n) is 6.46. The molecule has 0 amide bonds. The summed E-state index contributed by atoms with van der Waals surface area (Å²) in [4.78, 5) is 23.2. The van der Waals surface area contributed by atoms with Gasteiger partial charge in [0.1, 0.15) is 12.4 Å². The van der Waals surface area contributed by atoms with Crippen molar-refractivity contribution in [1.82, 2.24) is 14.9 Å². The van der Waals surface area contributed by atoms with Crippen LogP contribution >= 0.6 is 0 Å². The molecule has 2 aliphatic rings. The summed E-state index contributed by atoms with van der Waals surface area (Å²) in [6.45, 7) is 7.95. The Bertz CT molecular complexity index is 543. The molecule has 2 saturated heterocycles. The zero-order chi connectivity index (χ0) is 16.4. The van der Waals surface area contributed by atoms with Crippen molar-refractivity contribution in [2.45, 2.75) is 44.9 Å². The number of nitro groups is 1. The van der Waals surface area contributed by atoms with E-state index in [4.69, 9.17) is 4.74 Å². The summed E-state index contributed by atoms with van der Waals surface area (Å²) in [7, 11) is 0. The van der Waals surface area contributed by atoms with Crippen LogP contribution in [0.15, 0.2) is 12.4 Å². The first-order valence-electron chi connectivity index (χ1n) is 8.14. The first-order valence-corrected chi connectivity index (χ1v) is 8.14. The van der Waals surface area contributed by atoms with Crippen LogP contribution in [0.1, 0.15) is 26.7 Å².